The first-order chi connectivity index (χ1) is 8.72. The Labute approximate surface area is 105 Å². The summed E-state index contributed by atoms with van der Waals surface area (Å²) in [6.07, 6.45) is 0.559. The maximum Gasteiger partial charge on any atom is 0.175 e. The highest BCUT2D eigenvalue weighted by molar-refractivity contribution is 5.75. The Bertz CT molecular complexity index is 525. The molecular formula is C13H15FN2O2. The zero-order valence-electron chi connectivity index (χ0n) is 10.1. The molecule has 0 spiro atoms. The lowest BCUT2D eigenvalue weighted by Crippen LogP contribution is -1.98. The molecule has 0 unspecified atom stereocenters. The molecule has 5 heteroatoms. The molecule has 0 aliphatic heterocycles. The third kappa shape index (κ3) is 2.68. The summed E-state index contributed by atoms with van der Waals surface area (Å²) in [5.41, 5.74) is 7.07. The van der Waals surface area contributed by atoms with Crippen molar-refractivity contribution in [3.63, 3.8) is 0 Å². The van der Waals surface area contributed by atoms with E-state index in [4.69, 9.17) is 15.0 Å². The van der Waals surface area contributed by atoms with Crippen molar-refractivity contribution < 1.29 is 13.7 Å². The van der Waals surface area contributed by atoms with E-state index in [1.54, 1.807) is 12.1 Å². The van der Waals surface area contributed by atoms with Gasteiger partial charge in [-0.1, -0.05) is 17.3 Å². The normalized spacial score (nSPS) is 10.8. The minimum absolute atomic E-state index is 0.270. The van der Waals surface area contributed by atoms with Crippen LogP contribution in [-0.4, -0.2) is 18.4 Å². The number of hydrogen-bond acceptors (Lipinski definition) is 4. The summed E-state index contributed by atoms with van der Waals surface area (Å²) >= 11 is 0. The van der Waals surface area contributed by atoms with Gasteiger partial charge in [-0.25, -0.2) is 4.39 Å². The molecule has 0 amide bonds. The molecule has 2 aromatic rings. The summed E-state index contributed by atoms with van der Waals surface area (Å²) in [6.45, 7) is 3.08. The van der Waals surface area contributed by atoms with Gasteiger partial charge in [0.2, 0.25) is 0 Å². The minimum atomic E-state index is -0.316. The van der Waals surface area contributed by atoms with Gasteiger partial charge < -0.3 is 15.0 Å². The van der Waals surface area contributed by atoms with E-state index in [1.807, 2.05) is 6.92 Å². The van der Waals surface area contributed by atoms with E-state index >= 15 is 0 Å². The molecule has 0 atom stereocenters. The van der Waals surface area contributed by atoms with Crippen LogP contribution in [0.5, 0.6) is 0 Å². The first kappa shape index (κ1) is 12.6. The second-order valence-corrected chi connectivity index (χ2v) is 3.82. The summed E-state index contributed by atoms with van der Waals surface area (Å²) in [7, 11) is 0. The minimum Gasteiger partial charge on any atom is -0.381 e. The number of ether oxygens (including phenoxy) is 1. The molecule has 0 aliphatic carbocycles. The van der Waals surface area contributed by atoms with Crippen LogP contribution < -0.4 is 5.73 Å². The van der Waals surface area contributed by atoms with Gasteiger partial charge in [0.1, 0.15) is 11.6 Å². The van der Waals surface area contributed by atoms with E-state index in [9.17, 15) is 4.39 Å². The SMILES string of the molecule is CCOCCc1onc(N)c1-c1cccc(F)c1. The number of benzene rings is 1. The molecule has 1 heterocycles. The van der Waals surface area contributed by atoms with Gasteiger partial charge in [-0.05, 0) is 24.6 Å². The second kappa shape index (κ2) is 5.64. The molecule has 1 aromatic heterocycles. The predicted octanol–water partition coefficient (Wildman–Crippen LogP) is 2.64. The van der Waals surface area contributed by atoms with Crippen LogP contribution in [0.4, 0.5) is 10.2 Å². The van der Waals surface area contributed by atoms with Crippen molar-refractivity contribution >= 4 is 5.82 Å². The smallest absolute Gasteiger partial charge is 0.175 e. The monoisotopic (exact) mass is 250 g/mol. The molecule has 0 aliphatic rings. The second-order valence-electron chi connectivity index (χ2n) is 3.82. The van der Waals surface area contributed by atoms with Crippen LogP contribution in [0.3, 0.4) is 0 Å². The van der Waals surface area contributed by atoms with Crippen LogP contribution >= 0.6 is 0 Å². The predicted molar refractivity (Wildman–Crippen MR) is 66.5 cm³/mol. The van der Waals surface area contributed by atoms with Gasteiger partial charge in [0.25, 0.3) is 0 Å². The fourth-order valence-electron chi connectivity index (χ4n) is 1.77. The van der Waals surface area contributed by atoms with E-state index in [0.717, 1.165) is 0 Å². The van der Waals surface area contributed by atoms with Crippen molar-refractivity contribution in [3.8, 4) is 11.1 Å². The summed E-state index contributed by atoms with van der Waals surface area (Å²) in [6, 6.07) is 6.19. The maximum absolute atomic E-state index is 13.2. The van der Waals surface area contributed by atoms with Gasteiger partial charge in [0, 0.05) is 13.0 Å². The molecule has 0 saturated carbocycles. The highest BCUT2D eigenvalue weighted by Gasteiger charge is 2.15. The number of aromatic nitrogens is 1. The zero-order chi connectivity index (χ0) is 13.0. The van der Waals surface area contributed by atoms with Gasteiger partial charge >= 0.3 is 0 Å². The summed E-state index contributed by atoms with van der Waals surface area (Å²) < 4.78 is 23.6. The third-order valence-corrected chi connectivity index (χ3v) is 2.58. The number of rotatable bonds is 5. The Kier molecular flexibility index (Phi) is 3.94. The maximum atomic E-state index is 13.2. The van der Waals surface area contributed by atoms with Gasteiger partial charge in [-0.2, -0.15) is 0 Å². The van der Waals surface area contributed by atoms with Crippen molar-refractivity contribution in [2.45, 2.75) is 13.3 Å². The molecule has 1 aromatic carbocycles. The lowest BCUT2D eigenvalue weighted by molar-refractivity contribution is 0.145. The molecular weight excluding hydrogens is 235 g/mol. The molecule has 0 bridgehead atoms. The van der Waals surface area contributed by atoms with Crippen LogP contribution in [-0.2, 0) is 11.2 Å². The van der Waals surface area contributed by atoms with E-state index in [1.165, 1.54) is 12.1 Å². The summed E-state index contributed by atoms with van der Waals surface area (Å²) in [5.74, 6) is 0.572. The number of hydrogen-bond donors (Lipinski definition) is 1. The number of nitrogens with zero attached hydrogens (tertiary/aromatic N) is 1. The number of nitrogens with two attached hydrogens (primary N) is 1. The van der Waals surface area contributed by atoms with E-state index < -0.39 is 0 Å². The number of nitrogen functional groups attached to an aromatic ring is 1. The fraction of sp³-hybridized carbons (Fsp3) is 0.308. The molecule has 0 saturated heterocycles. The Morgan fingerprint density at radius 1 is 1.44 bits per heavy atom. The molecule has 2 rings (SSSR count). The highest BCUT2D eigenvalue weighted by Crippen LogP contribution is 2.30. The largest absolute Gasteiger partial charge is 0.381 e. The molecule has 96 valence electrons. The average Bonchev–Trinajstić information content (AvgIpc) is 2.71. The summed E-state index contributed by atoms with van der Waals surface area (Å²) in [4.78, 5) is 0. The number of halogens is 1. The van der Waals surface area contributed by atoms with Crippen LogP contribution in [0.15, 0.2) is 28.8 Å². The molecule has 0 fully saturated rings. The van der Waals surface area contributed by atoms with Crippen molar-refractivity contribution in [2.75, 3.05) is 18.9 Å². The van der Waals surface area contributed by atoms with E-state index in [2.05, 4.69) is 5.16 Å². The Morgan fingerprint density at radius 3 is 3.00 bits per heavy atom. The number of anilines is 1. The van der Waals surface area contributed by atoms with Crippen LogP contribution in [0.1, 0.15) is 12.7 Å². The zero-order valence-corrected chi connectivity index (χ0v) is 10.1. The first-order valence-corrected chi connectivity index (χ1v) is 5.80. The van der Waals surface area contributed by atoms with Gasteiger partial charge in [0.05, 0.1) is 12.2 Å². The van der Waals surface area contributed by atoms with Gasteiger partial charge in [0.15, 0.2) is 5.82 Å². The lowest BCUT2D eigenvalue weighted by Gasteiger charge is -2.03. The quantitative estimate of drug-likeness (QED) is 0.829. The van der Waals surface area contributed by atoms with Crippen molar-refractivity contribution in [2.24, 2.45) is 0 Å². The van der Waals surface area contributed by atoms with E-state index in [-0.39, 0.29) is 11.6 Å². The van der Waals surface area contributed by atoms with E-state index in [0.29, 0.717) is 36.5 Å². The Morgan fingerprint density at radius 2 is 2.28 bits per heavy atom. The van der Waals surface area contributed by atoms with Crippen molar-refractivity contribution in [1.29, 1.82) is 0 Å². The van der Waals surface area contributed by atoms with Crippen LogP contribution in [0.2, 0.25) is 0 Å². The molecule has 18 heavy (non-hydrogen) atoms. The Hall–Kier alpha value is -1.88. The van der Waals surface area contributed by atoms with Crippen molar-refractivity contribution in [1.82, 2.24) is 5.16 Å². The topological polar surface area (TPSA) is 61.3 Å². The van der Waals surface area contributed by atoms with Gasteiger partial charge in [-0.15, -0.1) is 0 Å². The average molecular weight is 250 g/mol. The molecule has 0 radical (unpaired) electrons. The fourth-order valence-corrected chi connectivity index (χ4v) is 1.77. The van der Waals surface area contributed by atoms with Gasteiger partial charge in [-0.3, -0.25) is 0 Å². The van der Waals surface area contributed by atoms with Crippen LogP contribution in [0, 0.1) is 5.82 Å². The first-order valence-electron chi connectivity index (χ1n) is 5.80. The van der Waals surface area contributed by atoms with Crippen LogP contribution in [0.25, 0.3) is 11.1 Å². The highest BCUT2D eigenvalue weighted by atomic mass is 19.1. The molecule has 4 nitrogen and oxygen atoms in total. The third-order valence-electron chi connectivity index (χ3n) is 2.58. The lowest BCUT2D eigenvalue weighted by atomic mass is 10.0. The Balaban J connectivity index is 2.29. The van der Waals surface area contributed by atoms with Crippen molar-refractivity contribution in [3.05, 3.63) is 35.8 Å². The molecule has 2 N–H and O–H groups in total. The summed E-state index contributed by atoms with van der Waals surface area (Å²) in [5, 5.41) is 3.73. The standard InChI is InChI=1S/C13H15FN2O2/c1-2-17-7-6-11-12(13(15)16-18-11)9-4-3-5-10(14)8-9/h3-5,8H,2,6-7H2,1H3,(H2,15,16).